The van der Waals surface area contributed by atoms with Crippen LogP contribution >= 0.6 is 0 Å². The molecule has 0 radical (unpaired) electrons. The standard InChI is InChI=1S/C21H25FN2O2/c1-3-15(2)19(24-20(25)17-9-11-18(22)12-10-17)21(26)23-14-13-16-7-5-4-6-8-16/h4-12,15,19H,3,13-14H2,1-2H3,(H,23,26)(H,24,25). The highest BCUT2D eigenvalue weighted by atomic mass is 19.1. The minimum Gasteiger partial charge on any atom is -0.354 e. The lowest BCUT2D eigenvalue weighted by Gasteiger charge is -2.23. The molecule has 5 heteroatoms. The zero-order valence-electron chi connectivity index (χ0n) is 15.2. The van der Waals surface area contributed by atoms with Crippen molar-refractivity contribution in [2.24, 2.45) is 5.92 Å². The monoisotopic (exact) mass is 356 g/mol. The van der Waals surface area contributed by atoms with Gasteiger partial charge in [-0.15, -0.1) is 0 Å². The molecule has 0 aromatic heterocycles. The maximum Gasteiger partial charge on any atom is 0.251 e. The van der Waals surface area contributed by atoms with Crippen LogP contribution in [0.15, 0.2) is 54.6 Å². The summed E-state index contributed by atoms with van der Waals surface area (Å²) in [5.74, 6) is -1.01. The minimum atomic E-state index is -0.631. The SMILES string of the molecule is CCC(C)C(NC(=O)c1ccc(F)cc1)C(=O)NCCc1ccccc1. The minimum absolute atomic E-state index is 0.0175. The Hall–Kier alpha value is -2.69. The van der Waals surface area contributed by atoms with Gasteiger partial charge in [-0.3, -0.25) is 9.59 Å². The summed E-state index contributed by atoms with van der Waals surface area (Å²) in [7, 11) is 0. The topological polar surface area (TPSA) is 58.2 Å². The fraction of sp³-hybridized carbons (Fsp3) is 0.333. The number of hydrogen-bond acceptors (Lipinski definition) is 2. The molecule has 4 nitrogen and oxygen atoms in total. The first-order chi connectivity index (χ1) is 12.5. The van der Waals surface area contributed by atoms with Crippen molar-refractivity contribution in [2.75, 3.05) is 6.54 Å². The van der Waals surface area contributed by atoms with Crippen LogP contribution in [0.1, 0.15) is 36.2 Å². The molecular formula is C21H25FN2O2. The summed E-state index contributed by atoms with van der Waals surface area (Å²) in [6.07, 6.45) is 1.48. The van der Waals surface area contributed by atoms with Gasteiger partial charge in [0, 0.05) is 12.1 Å². The highest BCUT2D eigenvalue weighted by Gasteiger charge is 2.26. The van der Waals surface area contributed by atoms with Crippen molar-refractivity contribution < 1.29 is 14.0 Å². The predicted octanol–water partition coefficient (Wildman–Crippen LogP) is 3.33. The van der Waals surface area contributed by atoms with Gasteiger partial charge in [-0.25, -0.2) is 4.39 Å². The van der Waals surface area contributed by atoms with E-state index in [0.717, 1.165) is 18.4 Å². The number of rotatable bonds is 8. The Morgan fingerprint density at radius 3 is 2.31 bits per heavy atom. The van der Waals surface area contributed by atoms with Crippen LogP contribution in [0.4, 0.5) is 4.39 Å². The quantitative estimate of drug-likeness (QED) is 0.762. The molecule has 0 aliphatic heterocycles. The molecule has 0 aliphatic rings. The van der Waals surface area contributed by atoms with Gasteiger partial charge in [0.25, 0.3) is 5.91 Å². The molecule has 26 heavy (non-hydrogen) atoms. The number of benzene rings is 2. The van der Waals surface area contributed by atoms with Gasteiger partial charge >= 0.3 is 0 Å². The van der Waals surface area contributed by atoms with Gasteiger partial charge in [0.05, 0.1) is 0 Å². The largest absolute Gasteiger partial charge is 0.354 e. The van der Waals surface area contributed by atoms with Crippen LogP contribution in [-0.2, 0) is 11.2 Å². The van der Waals surface area contributed by atoms with Crippen molar-refractivity contribution in [3.63, 3.8) is 0 Å². The first kappa shape index (κ1) is 19.6. The Morgan fingerprint density at radius 1 is 1.04 bits per heavy atom. The molecule has 2 aromatic rings. The molecule has 0 aliphatic carbocycles. The number of carbonyl (C=O) groups excluding carboxylic acids is 2. The van der Waals surface area contributed by atoms with Crippen LogP contribution in [0.25, 0.3) is 0 Å². The van der Waals surface area contributed by atoms with Gasteiger partial charge in [-0.05, 0) is 42.2 Å². The highest BCUT2D eigenvalue weighted by Crippen LogP contribution is 2.10. The van der Waals surface area contributed by atoms with E-state index in [2.05, 4.69) is 10.6 Å². The average Bonchev–Trinajstić information content (AvgIpc) is 2.66. The fourth-order valence-corrected chi connectivity index (χ4v) is 2.61. The third-order valence-corrected chi connectivity index (χ3v) is 4.44. The second kappa shape index (κ2) is 9.70. The average molecular weight is 356 g/mol. The molecular weight excluding hydrogens is 331 g/mol. The fourth-order valence-electron chi connectivity index (χ4n) is 2.61. The molecule has 0 spiro atoms. The molecule has 2 rings (SSSR count). The lowest BCUT2D eigenvalue weighted by atomic mass is 9.97. The number of amides is 2. The Morgan fingerprint density at radius 2 is 1.69 bits per heavy atom. The summed E-state index contributed by atoms with van der Waals surface area (Å²) >= 11 is 0. The molecule has 0 heterocycles. The van der Waals surface area contributed by atoms with Gasteiger partial charge in [0.1, 0.15) is 11.9 Å². The van der Waals surface area contributed by atoms with Gasteiger partial charge in [0.15, 0.2) is 0 Å². The van der Waals surface area contributed by atoms with Crippen LogP contribution in [-0.4, -0.2) is 24.4 Å². The van der Waals surface area contributed by atoms with Crippen LogP contribution in [0.3, 0.4) is 0 Å². The van der Waals surface area contributed by atoms with E-state index in [9.17, 15) is 14.0 Å². The Kier molecular flexibility index (Phi) is 7.33. The van der Waals surface area contributed by atoms with Crippen molar-refractivity contribution in [1.29, 1.82) is 0 Å². The smallest absolute Gasteiger partial charge is 0.251 e. The molecule has 2 atom stereocenters. The van der Waals surface area contributed by atoms with Crippen molar-refractivity contribution in [2.45, 2.75) is 32.7 Å². The van der Waals surface area contributed by atoms with E-state index in [1.54, 1.807) is 0 Å². The normalized spacial score (nSPS) is 12.9. The molecule has 2 amide bonds. The zero-order valence-corrected chi connectivity index (χ0v) is 15.2. The highest BCUT2D eigenvalue weighted by molar-refractivity contribution is 5.97. The predicted molar refractivity (Wildman–Crippen MR) is 100 cm³/mol. The van der Waals surface area contributed by atoms with Crippen LogP contribution in [0, 0.1) is 11.7 Å². The van der Waals surface area contributed by atoms with Crippen LogP contribution in [0.5, 0.6) is 0 Å². The van der Waals surface area contributed by atoms with E-state index < -0.39 is 11.9 Å². The lowest BCUT2D eigenvalue weighted by Crippen LogP contribution is -2.50. The summed E-state index contributed by atoms with van der Waals surface area (Å²) in [4.78, 5) is 24.9. The van der Waals surface area contributed by atoms with Crippen molar-refractivity contribution in [3.05, 3.63) is 71.5 Å². The number of nitrogens with one attached hydrogen (secondary N) is 2. The van der Waals surface area contributed by atoms with E-state index >= 15 is 0 Å². The van der Waals surface area contributed by atoms with E-state index in [-0.39, 0.29) is 17.7 Å². The molecule has 0 fully saturated rings. The second-order valence-electron chi connectivity index (χ2n) is 6.37. The third kappa shape index (κ3) is 5.69. The maximum atomic E-state index is 13.0. The van der Waals surface area contributed by atoms with E-state index in [0.29, 0.717) is 12.1 Å². The third-order valence-electron chi connectivity index (χ3n) is 4.44. The Bertz CT molecular complexity index is 717. The van der Waals surface area contributed by atoms with Crippen LogP contribution < -0.4 is 10.6 Å². The number of carbonyl (C=O) groups is 2. The van der Waals surface area contributed by atoms with Gasteiger partial charge in [-0.2, -0.15) is 0 Å². The van der Waals surface area contributed by atoms with Crippen LogP contribution in [0.2, 0.25) is 0 Å². The molecule has 0 saturated carbocycles. The first-order valence-electron chi connectivity index (χ1n) is 8.89. The van der Waals surface area contributed by atoms with Gasteiger partial charge < -0.3 is 10.6 Å². The van der Waals surface area contributed by atoms with Gasteiger partial charge in [-0.1, -0.05) is 50.6 Å². The number of halogens is 1. The van der Waals surface area contributed by atoms with E-state index in [1.807, 2.05) is 44.2 Å². The molecule has 2 N–H and O–H groups in total. The van der Waals surface area contributed by atoms with Crippen molar-refractivity contribution >= 4 is 11.8 Å². The Labute approximate surface area is 153 Å². The molecule has 138 valence electrons. The second-order valence-corrected chi connectivity index (χ2v) is 6.37. The summed E-state index contributed by atoms with van der Waals surface area (Å²) in [5.41, 5.74) is 1.47. The summed E-state index contributed by atoms with van der Waals surface area (Å²) in [5, 5.41) is 5.68. The van der Waals surface area contributed by atoms with Crippen molar-refractivity contribution in [3.8, 4) is 0 Å². The molecule has 0 saturated heterocycles. The van der Waals surface area contributed by atoms with E-state index in [4.69, 9.17) is 0 Å². The molecule has 2 aromatic carbocycles. The molecule has 0 bridgehead atoms. The first-order valence-corrected chi connectivity index (χ1v) is 8.89. The van der Waals surface area contributed by atoms with Crippen molar-refractivity contribution in [1.82, 2.24) is 10.6 Å². The number of hydrogen-bond donors (Lipinski definition) is 2. The molecule has 2 unspecified atom stereocenters. The summed E-state index contributed by atoms with van der Waals surface area (Å²) < 4.78 is 13.0. The maximum absolute atomic E-state index is 13.0. The Balaban J connectivity index is 1.95. The summed E-state index contributed by atoms with van der Waals surface area (Å²) in [6.45, 7) is 4.40. The summed E-state index contributed by atoms with van der Waals surface area (Å²) in [6, 6.07) is 14.5. The van der Waals surface area contributed by atoms with E-state index in [1.165, 1.54) is 24.3 Å². The zero-order chi connectivity index (χ0) is 18.9. The lowest BCUT2D eigenvalue weighted by molar-refractivity contribution is -0.124. The van der Waals surface area contributed by atoms with Gasteiger partial charge in [0.2, 0.25) is 5.91 Å².